The molecule has 1 atom stereocenters. The quantitative estimate of drug-likeness (QED) is 0.579. The Kier molecular flexibility index (Phi) is 9.10. The van der Waals surface area contributed by atoms with Crippen molar-refractivity contribution in [2.75, 3.05) is 31.6 Å². The van der Waals surface area contributed by atoms with Crippen molar-refractivity contribution < 1.29 is 14.3 Å². The van der Waals surface area contributed by atoms with Gasteiger partial charge in [-0.05, 0) is 32.3 Å². The molecule has 0 aliphatic rings. The lowest BCUT2D eigenvalue weighted by molar-refractivity contribution is -0.136. The Morgan fingerprint density at radius 1 is 1.25 bits per heavy atom. The van der Waals surface area contributed by atoms with Crippen molar-refractivity contribution in [2.45, 2.75) is 39.5 Å². The zero-order valence-electron chi connectivity index (χ0n) is 16.8. The molecular weight excluding hydrogens is 374 g/mol. The van der Waals surface area contributed by atoms with E-state index in [2.05, 4.69) is 10.3 Å². The van der Waals surface area contributed by atoms with Crippen LogP contribution in [0, 0.1) is 6.92 Å². The van der Waals surface area contributed by atoms with Gasteiger partial charge in [0.2, 0.25) is 11.8 Å². The zero-order valence-corrected chi connectivity index (χ0v) is 17.6. The monoisotopic (exact) mass is 403 g/mol. The maximum atomic E-state index is 13.2. The van der Waals surface area contributed by atoms with Gasteiger partial charge in [-0.2, -0.15) is 0 Å². The number of nitrogens with one attached hydrogen (secondary N) is 1. The second kappa shape index (κ2) is 11.6. The van der Waals surface area contributed by atoms with Crippen LogP contribution in [0.15, 0.2) is 35.7 Å². The first-order valence-corrected chi connectivity index (χ1v) is 10.6. The van der Waals surface area contributed by atoms with Crippen LogP contribution in [-0.2, 0) is 14.3 Å². The zero-order chi connectivity index (χ0) is 20.4. The topological polar surface area (TPSA) is 71.5 Å². The summed E-state index contributed by atoms with van der Waals surface area (Å²) in [5.41, 5.74) is 1.83. The lowest BCUT2D eigenvalue weighted by atomic mass is 9.95. The van der Waals surface area contributed by atoms with Crippen LogP contribution in [0.25, 0.3) is 0 Å². The number of benzene rings is 1. The van der Waals surface area contributed by atoms with Crippen LogP contribution in [0.3, 0.4) is 0 Å². The van der Waals surface area contributed by atoms with Gasteiger partial charge in [0.15, 0.2) is 5.13 Å². The van der Waals surface area contributed by atoms with E-state index in [1.54, 1.807) is 4.90 Å². The number of nitrogens with zero attached hydrogens (tertiary/aromatic N) is 2. The van der Waals surface area contributed by atoms with Crippen LogP contribution in [-0.4, -0.2) is 48.0 Å². The SMILES string of the molecule is CCOCCCN(CC(=O)Nc1nc(C)cs1)C(=O)[C@H](CC)c1ccccc1. The van der Waals surface area contributed by atoms with E-state index < -0.39 is 0 Å². The minimum atomic E-state index is -0.261. The van der Waals surface area contributed by atoms with E-state index in [-0.39, 0.29) is 24.3 Å². The molecule has 0 saturated carbocycles. The minimum Gasteiger partial charge on any atom is -0.382 e. The van der Waals surface area contributed by atoms with Gasteiger partial charge in [0.25, 0.3) is 0 Å². The lowest BCUT2D eigenvalue weighted by Gasteiger charge is -2.26. The summed E-state index contributed by atoms with van der Waals surface area (Å²) in [5, 5.41) is 5.22. The molecule has 2 aromatic rings. The molecule has 0 fully saturated rings. The smallest absolute Gasteiger partial charge is 0.245 e. The van der Waals surface area contributed by atoms with E-state index in [0.29, 0.717) is 37.7 Å². The van der Waals surface area contributed by atoms with Crippen molar-refractivity contribution in [1.82, 2.24) is 9.88 Å². The summed E-state index contributed by atoms with van der Waals surface area (Å²) in [6.07, 6.45) is 1.37. The van der Waals surface area contributed by atoms with Gasteiger partial charge in [-0.25, -0.2) is 4.98 Å². The molecule has 6 nitrogen and oxygen atoms in total. The average molecular weight is 404 g/mol. The Morgan fingerprint density at radius 2 is 2.00 bits per heavy atom. The van der Waals surface area contributed by atoms with Gasteiger partial charge in [-0.15, -0.1) is 11.3 Å². The molecule has 2 rings (SSSR count). The lowest BCUT2D eigenvalue weighted by Crippen LogP contribution is -2.41. The van der Waals surface area contributed by atoms with Crippen molar-refractivity contribution in [3.63, 3.8) is 0 Å². The molecule has 1 aromatic carbocycles. The average Bonchev–Trinajstić information content (AvgIpc) is 3.10. The molecule has 2 amide bonds. The third-order valence-electron chi connectivity index (χ3n) is 4.34. The normalized spacial score (nSPS) is 11.8. The van der Waals surface area contributed by atoms with E-state index in [1.165, 1.54) is 11.3 Å². The van der Waals surface area contributed by atoms with Gasteiger partial charge in [0.05, 0.1) is 18.2 Å². The summed E-state index contributed by atoms with van der Waals surface area (Å²) in [5.74, 6) is -0.527. The van der Waals surface area contributed by atoms with Crippen molar-refractivity contribution in [1.29, 1.82) is 0 Å². The first-order chi connectivity index (χ1) is 13.5. The van der Waals surface area contributed by atoms with E-state index in [0.717, 1.165) is 11.3 Å². The van der Waals surface area contributed by atoms with Crippen LogP contribution in [0.2, 0.25) is 0 Å². The second-order valence-electron chi connectivity index (χ2n) is 6.52. The molecule has 0 spiro atoms. The molecule has 7 heteroatoms. The van der Waals surface area contributed by atoms with Gasteiger partial charge in [-0.3, -0.25) is 9.59 Å². The van der Waals surface area contributed by atoms with Crippen LogP contribution in [0.5, 0.6) is 0 Å². The Morgan fingerprint density at radius 3 is 2.61 bits per heavy atom. The highest BCUT2D eigenvalue weighted by atomic mass is 32.1. The number of ether oxygens (including phenoxy) is 1. The Bertz CT molecular complexity index is 748. The van der Waals surface area contributed by atoms with Crippen LogP contribution < -0.4 is 5.32 Å². The highest BCUT2D eigenvalue weighted by molar-refractivity contribution is 7.13. The number of thiazole rings is 1. The fourth-order valence-corrected chi connectivity index (χ4v) is 3.68. The van der Waals surface area contributed by atoms with Gasteiger partial charge < -0.3 is 15.0 Å². The molecule has 1 heterocycles. The predicted molar refractivity (Wildman–Crippen MR) is 113 cm³/mol. The molecule has 1 N–H and O–H groups in total. The predicted octanol–water partition coefficient (Wildman–Crippen LogP) is 3.84. The molecule has 0 saturated heterocycles. The standard InChI is InChI=1S/C21H29N3O3S/c1-4-18(17-10-7-6-8-11-17)20(26)24(12-9-13-27-5-2)14-19(25)23-21-22-16(3)15-28-21/h6-8,10-11,15,18H,4-5,9,12-14H2,1-3H3,(H,22,23,25)/t18-/m1/s1. The maximum absolute atomic E-state index is 13.2. The number of carbonyl (C=O) groups excluding carboxylic acids is 2. The first kappa shape index (κ1) is 22.0. The molecule has 0 radical (unpaired) electrons. The molecular formula is C21H29N3O3S. The third kappa shape index (κ3) is 6.73. The minimum absolute atomic E-state index is 0.00686. The summed E-state index contributed by atoms with van der Waals surface area (Å²) in [6.45, 7) is 7.50. The number of hydrogen-bond acceptors (Lipinski definition) is 5. The van der Waals surface area contributed by atoms with Crippen LogP contribution in [0.1, 0.15) is 43.9 Å². The summed E-state index contributed by atoms with van der Waals surface area (Å²) >= 11 is 1.38. The number of rotatable bonds is 11. The molecule has 28 heavy (non-hydrogen) atoms. The number of hydrogen-bond donors (Lipinski definition) is 1. The number of aromatic nitrogens is 1. The Labute approximate surface area is 170 Å². The van der Waals surface area contributed by atoms with Gasteiger partial charge in [0.1, 0.15) is 0 Å². The van der Waals surface area contributed by atoms with Crippen molar-refractivity contribution in [3.05, 3.63) is 47.0 Å². The second-order valence-corrected chi connectivity index (χ2v) is 7.38. The van der Waals surface area contributed by atoms with Gasteiger partial charge >= 0.3 is 0 Å². The van der Waals surface area contributed by atoms with Gasteiger partial charge in [0, 0.05) is 25.1 Å². The van der Waals surface area contributed by atoms with Crippen LogP contribution >= 0.6 is 11.3 Å². The van der Waals surface area contributed by atoms with Crippen molar-refractivity contribution >= 4 is 28.3 Å². The van der Waals surface area contributed by atoms with E-state index in [1.807, 2.05) is 56.5 Å². The summed E-state index contributed by atoms with van der Waals surface area (Å²) in [7, 11) is 0. The molecule has 0 aliphatic carbocycles. The summed E-state index contributed by atoms with van der Waals surface area (Å²) in [4.78, 5) is 31.6. The number of anilines is 1. The van der Waals surface area contributed by atoms with Gasteiger partial charge in [-0.1, -0.05) is 37.3 Å². The number of amides is 2. The Balaban J connectivity index is 2.07. The fraction of sp³-hybridized carbons (Fsp3) is 0.476. The van der Waals surface area contributed by atoms with E-state index >= 15 is 0 Å². The highest BCUT2D eigenvalue weighted by Gasteiger charge is 2.26. The molecule has 152 valence electrons. The third-order valence-corrected chi connectivity index (χ3v) is 5.22. The molecule has 1 aromatic heterocycles. The van der Waals surface area contributed by atoms with Crippen molar-refractivity contribution in [3.8, 4) is 0 Å². The van der Waals surface area contributed by atoms with E-state index in [9.17, 15) is 9.59 Å². The maximum Gasteiger partial charge on any atom is 0.245 e. The largest absolute Gasteiger partial charge is 0.382 e. The molecule has 0 unspecified atom stereocenters. The van der Waals surface area contributed by atoms with E-state index in [4.69, 9.17) is 4.74 Å². The number of aryl methyl sites for hydroxylation is 1. The molecule has 0 bridgehead atoms. The summed E-state index contributed by atoms with van der Waals surface area (Å²) in [6, 6.07) is 9.72. The first-order valence-electron chi connectivity index (χ1n) is 9.68. The molecule has 0 aliphatic heterocycles. The van der Waals surface area contributed by atoms with Crippen molar-refractivity contribution in [2.24, 2.45) is 0 Å². The highest BCUT2D eigenvalue weighted by Crippen LogP contribution is 2.22. The fourth-order valence-electron chi connectivity index (χ4n) is 2.97. The summed E-state index contributed by atoms with van der Waals surface area (Å²) < 4.78 is 5.39. The van der Waals surface area contributed by atoms with Crippen LogP contribution in [0.4, 0.5) is 5.13 Å². The number of carbonyl (C=O) groups is 2. The Hall–Kier alpha value is -2.25.